The van der Waals surface area contributed by atoms with Crippen LogP contribution in [-0.4, -0.2) is 45.7 Å². The van der Waals surface area contributed by atoms with E-state index < -0.39 is 0 Å². The molecule has 0 unspecified atom stereocenters. The van der Waals surface area contributed by atoms with Crippen molar-refractivity contribution < 1.29 is 4.74 Å². The van der Waals surface area contributed by atoms with Crippen LogP contribution in [0.15, 0.2) is 53.3 Å². The van der Waals surface area contributed by atoms with Crippen molar-refractivity contribution in [2.24, 2.45) is 0 Å². The Bertz CT molecular complexity index is 1240. The van der Waals surface area contributed by atoms with Crippen molar-refractivity contribution >= 4 is 27.8 Å². The Morgan fingerprint density at radius 2 is 1.79 bits per heavy atom. The first kappa shape index (κ1) is 17.9. The number of aromatic amines is 1. The van der Waals surface area contributed by atoms with E-state index in [1.54, 1.807) is 4.57 Å². The molecule has 1 fully saturated rings. The number of imidazole rings is 1. The largest absolute Gasteiger partial charge is 0.382 e. The minimum Gasteiger partial charge on any atom is -0.382 e. The second-order valence-electron chi connectivity index (χ2n) is 7.46. The molecule has 0 saturated carbocycles. The molecule has 0 amide bonds. The molecule has 3 heterocycles. The number of para-hydroxylation sites is 1. The highest BCUT2D eigenvalue weighted by Gasteiger charge is 2.15. The predicted octanol–water partition coefficient (Wildman–Crippen LogP) is 2.34. The molecule has 5 rings (SSSR count). The van der Waals surface area contributed by atoms with Crippen molar-refractivity contribution in [2.75, 3.05) is 32.0 Å². The van der Waals surface area contributed by atoms with Gasteiger partial charge in [-0.25, -0.2) is 9.78 Å². The highest BCUT2D eigenvalue weighted by atomic mass is 16.5. The molecule has 0 bridgehead atoms. The van der Waals surface area contributed by atoms with Crippen molar-refractivity contribution in [2.45, 2.75) is 13.1 Å². The van der Waals surface area contributed by atoms with Crippen molar-refractivity contribution in [3.63, 3.8) is 0 Å². The van der Waals surface area contributed by atoms with Crippen LogP contribution in [0.5, 0.6) is 0 Å². The standard InChI is InChI=1S/C22H23N5O2/c23-21-19-20(17-6-1-2-7-18(17)24-21)27(22(28)25-19)14-16-5-3-4-15(12-16)13-26-8-10-29-11-9-26/h1-7,12H,8-11,13-14H2,(H2,23,24)(H,25,28). The Labute approximate surface area is 167 Å². The topological polar surface area (TPSA) is 89.2 Å². The maximum Gasteiger partial charge on any atom is 0.326 e. The average molecular weight is 389 g/mol. The first-order valence-electron chi connectivity index (χ1n) is 9.84. The van der Waals surface area contributed by atoms with E-state index in [0.717, 1.165) is 54.8 Å². The van der Waals surface area contributed by atoms with E-state index in [-0.39, 0.29) is 5.69 Å². The van der Waals surface area contributed by atoms with Crippen LogP contribution in [0.25, 0.3) is 21.9 Å². The van der Waals surface area contributed by atoms with Crippen LogP contribution >= 0.6 is 0 Å². The zero-order valence-electron chi connectivity index (χ0n) is 16.1. The van der Waals surface area contributed by atoms with E-state index in [9.17, 15) is 4.79 Å². The monoisotopic (exact) mass is 389 g/mol. The molecule has 4 aromatic rings. The number of ether oxygens (including phenoxy) is 1. The minimum atomic E-state index is -0.177. The van der Waals surface area contributed by atoms with Gasteiger partial charge in [0.2, 0.25) is 0 Å². The number of hydrogen-bond acceptors (Lipinski definition) is 5. The van der Waals surface area contributed by atoms with E-state index in [2.05, 4.69) is 39.1 Å². The normalized spacial score (nSPS) is 15.3. The highest BCUT2D eigenvalue weighted by Crippen LogP contribution is 2.26. The van der Waals surface area contributed by atoms with Crippen molar-refractivity contribution in [1.82, 2.24) is 19.4 Å². The Balaban J connectivity index is 1.53. The van der Waals surface area contributed by atoms with E-state index in [1.807, 2.05) is 24.3 Å². The van der Waals surface area contributed by atoms with Crippen molar-refractivity contribution in [3.8, 4) is 0 Å². The summed E-state index contributed by atoms with van der Waals surface area (Å²) in [5, 5.41) is 0.916. The van der Waals surface area contributed by atoms with Crippen LogP contribution in [0, 0.1) is 0 Å². The molecular formula is C22H23N5O2. The zero-order valence-corrected chi connectivity index (χ0v) is 16.1. The number of pyridine rings is 1. The molecule has 2 aromatic heterocycles. The average Bonchev–Trinajstić information content (AvgIpc) is 3.06. The van der Waals surface area contributed by atoms with Gasteiger partial charge >= 0.3 is 5.69 Å². The summed E-state index contributed by atoms with van der Waals surface area (Å²) < 4.78 is 7.19. The van der Waals surface area contributed by atoms with E-state index >= 15 is 0 Å². The maximum absolute atomic E-state index is 12.7. The van der Waals surface area contributed by atoms with Gasteiger partial charge in [-0.3, -0.25) is 9.47 Å². The summed E-state index contributed by atoms with van der Waals surface area (Å²) >= 11 is 0. The number of fused-ring (bicyclic) bond motifs is 3. The molecule has 1 saturated heterocycles. The van der Waals surface area contributed by atoms with Gasteiger partial charge in [-0.05, 0) is 17.2 Å². The van der Waals surface area contributed by atoms with Crippen molar-refractivity contribution in [3.05, 3.63) is 70.1 Å². The zero-order chi connectivity index (χ0) is 19.8. The lowest BCUT2D eigenvalue weighted by Crippen LogP contribution is -2.35. The van der Waals surface area contributed by atoms with Gasteiger partial charge in [-0.2, -0.15) is 0 Å². The minimum absolute atomic E-state index is 0.177. The quantitative estimate of drug-likeness (QED) is 0.559. The van der Waals surface area contributed by atoms with E-state index in [4.69, 9.17) is 10.5 Å². The third-order valence-electron chi connectivity index (χ3n) is 5.48. The number of hydrogen-bond donors (Lipinski definition) is 2. The molecule has 7 heteroatoms. The maximum atomic E-state index is 12.7. The second kappa shape index (κ2) is 7.35. The van der Waals surface area contributed by atoms with Crippen LogP contribution in [0.4, 0.5) is 5.82 Å². The Kier molecular flexibility index (Phi) is 4.54. The first-order valence-corrected chi connectivity index (χ1v) is 9.84. The number of morpholine rings is 1. The smallest absolute Gasteiger partial charge is 0.326 e. The SMILES string of the molecule is Nc1nc2ccccc2c2c1[nH]c(=O)n2Cc1cccc(CN2CCOCC2)c1. The van der Waals surface area contributed by atoms with E-state index in [0.29, 0.717) is 17.9 Å². The third kappa shape index (κ3) is 3.39. The van der Waals surface area contributed by atoms with Gasteiger partial charge in [0.15, 0.2) is 0 Å². The molecule has 7 nitrogen and oxygen atoms in total. The van der Waals surface area contributed by atoms with Crippen LogP contribution in [0.1, 0.15) is 11.1 Å². The van der Waals surface area contributed by atoms with Gasteiger partial charge in [0.25, 0.3) is 0 Å². The Morgan fingerprint density at radius 3 is 2.62 bits per heavy atom. The number of benzene rings is 2. The summed E-state index contributed by atoms with van der Waals surface area (Å²) in [5.41, 5.74) is 10.4. The number of nitrogens with zero attached hydrogens (tertiary/aromatic N) is 3. The molecule has 0 atom stereocenters. The van der Waals surface area contributed by atoms with Crippen LogP contribution in [0.3, 0.4) is 0 Å². The summed E-state index contributed by atoms with van der Waals surface area (Å²) in [7, 11) is 0. The Morgan fingerprint density at radius 1 is 1.03 bits per heavy atom. The first-order chi connectivity index (χ1) is 14.2. The van der Waals surface area contributed by atoms with Crippen LogP contribution in [0.2, 0.25) is 0 Å². The summed E-state index contributed by atoms with van der Waals surface area (Å²) in [6.45, 7) is 4.83. The number of rotatable bonds is 4. The van der Waals surface area contributed by atoms with Gasteiger partial charge in [-0.15, -0.1) is 0 Å². The van der Waals surface area contributed by atoms with Crippen molar-refractivity contribution in [1.29, 1.82) is 0 Å². The molecule has 148 valence electrons. The number of nitrogens with one attached hydrogen (secondary N) is 1. The third-order valence-corrected chi connectivity index (χ3v) is 5.48. The molecule has 0 radical (unpaired) electrons. The van der Waals surface area contributed by atoms with Crippen LogP contribution < -0.4 is 11.4 Å². The summed E-state index contributed by atoms with van der Waals surface area (Å²) in [6.07, 6.45) is 0. The number of nitrogens with two attached hydrogens (primary N) is 1. The second-order valence-corrected chi connectivity index (χ2v) is 7.46. The number of H-pyrrole nitrogens is 1. The lowest BCUT2D eigenvalue weighted by molar-refractivity contribution is 0.0342. The Hall–Kier alpha value is -3.16. The van der Waals surface area contributed by atoms with E-state index in [1.165, 1.54) is 5.56 Å². The molecule has 1 aliphatic rings. The van der Waals surface area contributed by atoms with Gasteiger partial charge in [0.1, 0.15) is 11.3 Å². The summed E-state index contributed by atoms with van der Waals surface area (Å²) in [4.78, 5) is 22.4. The van der Waals surface area contributed by atoms with Gasteiger partial charge < -0.3 is 15.5 Å². The summed E-state index contributed by atoms with van der Waals surface area (Å²) in [5.74, 6) is 0.343. The fourth-order valence-corrected chi connectivity index (χ4v) is 4.07. The van der Waals surface area contributed by atoms with Crippen LogP contribution in [-0.2, 0) is 17.8 Å². The number of aromatic nitrogens is 3. The molecule has 2 aromatic carbocycles. The number of anilines is 1. The van der Waals surface area contributed by atoms with Gasteiger partial charge in [0, 0.05) is 25.0 Å². The molecule has 3 N–H and O–H groups in total. The predicted molar refractivity (Wildman–Crippen MR) is 114 cm³/mol. The lowest BCUT2D eigenvalue weighted by Gasteiger charge is -2.26. The summed E-state index contributed by atoms with van der Waals surface area (Å²) in [6, 6.07) is 16.2. The highest BCUT2D eigenvalue weighted by molar-refractivity contribution is 6.06. The number of nitrogen functional groups attached to an aromatic ring is 1. The molecule has 29 heavy (non-hydrogen) atoms. The van der Waals surface area contributed by atoms with Gasteiger partial charge in [0.05, 0.1) is 30.8 Å². The molecule has 0 aliphatic carbocycles. The lowest BCUT2D eigenvalue weighted by atomic mass is 10.1. The molecular weight excluding hydrogens is 366 g/mol. The van der Waals surface area contributed by atoms with Gasteiger partial charge in [-0.1, -0.05) is 42.5 Å². The molecule has 0 spiro atoms. The fraction of sp³-hybridized carbons (Fsp3) is 0.273. The fourth-order valence-electron chi connectivity index (χ4n) is 4.07. The molecule has 1 aliphatic heterocycles.